The van der Waals surface area contributed by atoms with Crippen molar-refractivity contribution >= 4 is 11.6 Å². The molecule has 0 amide bonds. The number of hydrogen-bond acceptors (Lipinski definition) is 6. The van der Waals surface area contributed by atoms with Crippen molar-refractivity contribution < 1.29 is 5.11 Å². The Balaban J connectivity index is 2.18. The minimum Gasteiger partial charge on any atom is -0.396 e. The molecular formula is C12H21N5O. The van der Waals surface area contributed by atoms with Crippen LogP contribution in [0.4, 0.5) is 11.6 Å². The van der Waals surface area contributed by atoms with Crippen LogP contribution in [0.5, 0.6) is 0 Å². The van der Waals surface area contributed by atoms with Crippen LogP contribution >= 0.6 is 0 Å². The van der Waals surface area contributed by atoms with Crippen molar-refractivity contribution in [1.29, 1.82) is 0 Å². The van der Waals surface area contributed by atoms with Gasteiger partial charge < -0.3 is 15.4 Å². The van der Waals surface area contributed by atoms with E-state index in [1.165, 1.54) is 0 Å². The summed E-state index contributed by atoms with van der Waals surface area (Å²) in [5.74, 6) is 7.58. The lowest BCUT2D eigenvalue weighted by atomic mass is 9.97. The smallest absolute Gasteiger partial charge is 0.148 e. The molecule has 0 aromatic carbocycles. The van der Waals surface area contributed by atoms with Crippen LogP contribution in [0, 0.1) is 5.92 Å². The molecule has 0 aliphatic carbocycles. The topological polar surface area (TPSA) is 87.3 Å². The second-order valence-electron chi connectivity index (χ2n) is 4.64. The summed E-state index contributed by atoms with van der Waals surface area (Å²) in [5, 5.41) is 9.16. The normalized spacial score (nSPS) is 16.9. The summed E-state index contributed by atoms with van der Waals surface area (Å²) in [6, 6.07) is 0. The monoisotopic (exact) mass is 251 g/mol. The van der Waals surface area contributed by atoms with Crippen molar-refractivity contribution in [2.45, 2.75) is 26.2 Å². The van der Waals surface area contributed by atoms with E-state index >= 15 is 0 Å². The summed E-state index contributed by atoms with van der Waals surface area (Å²) in [7, 11) is 0. The molecule has 1 aliphatic rings. The Bertz CT molecular complexity index is 390. The molecule has 1 aromatic rings. The second kappa shape index (κ2) is 5.97. The van der Waals surface area contributed by atoms with Crippen molar-refractivity contribution in [3.8, 4) is 0 Å². The van der Waals surface area contributed by atoms with Gasteiger partial charge in [-0.2, -0.15) is 0 Å². The Hall–Kier alpha value is -1.40. The van der Waals surface area contributed by atoms with E-state index in [9.17, 15) is 0 Å². The molecule has 2 heterocycles. The molecule has 0 radical (unpaired) electrons. The van der Waals surface area contributed by atoms with Crippen molar-refractivity contribution in [2.24, 2.45) is 11.8 Å². The lowest BCUT2D eigenvalue weighted by Gasteiger charge is -2.33. The predicted molar refractivity (Wildman–Crippen MR) is 71.2 cm³/mol. The van der Waals surface area contributed by atoms with Gasteiger partial charge in [0, 0.05) is 25.3 Å². The van der Waals surface area contributed by atoms with Gasteiger partial charge in [-0.05, 0) is 25.2 Å². The van der Waals surface area contributed by atoms with Gasteiger partial charge in [-0.1, -0.05) is 6.92 Å². The quantitative estimate of drug-likeness (QED) is 0.534. The van der Waals surface area contributed by atoms with Crippen LogP contribution in [0.25, 0.3) is 0 Å². The Labute approximate surface area is 107 Å². The Kier molecular flexibility index (Phi) is 4.33. The molecule has 6 heteroatoms. The number of aliphatic hydroxyl groups excluding tert-OH is 1. The van der Waals surface area contributed by atoms with Crippen LogP contribution in [-0.4, -0.2) is 34.8 Å². The number of hydrogen-bond donors (Lipinski definition) is 3. The first-order valence-corrected chi connectivity index (χ1v) is 6.46. The lowest BCUT2D eigenvalue weighted by Crippen LogP contribution is -2.36. The SMILES string of the molecule is CCc1c(NN)ncnc1N1CCC(CO)CC1. The zero-order chi connectivity index (χ0) is 13.0. The molecule has 1 aromatic heterocycles. The molecule has 0 spiro atoms. The number of nitrogen functional groups attached to an aromatic ring is 1. The number of hydrazine groups is 1. The van der Waals surface area contributed by atoms with E-state index < -0.39 is 0 Å². The molecule has 1 aliphatic heterocycles. The summed E-state index contributed by atoms with van der Waals surface area (Å²) in [4.78, 5) is 10.8. The van der Waals surface area contributed by atoms with Crippen LogP contribution in [0.1, 0.15) is 25.3 Å². The van der Waals surface area contributed by atoms with Gasteiger partial charge >= 0.3 is 0 Å². The van der Waals surface area contributed by atoms with Gasteiger partial charge in [0.15, 0.2) is 0 Å². The molecule has 0 atom stereocenters. The number of aromatic nitrogens is 2. The van der Waals surface area contributed by atoms with Crippen molar-refractivity contribution in [3.05, 3.63) is 11.9 Å². The highest BCUT2D eigenvalue weighted by Gasteiger charge is 2.22. The number of nitrogens with two attached hydrogens (primary N) is 1. The Morgan fingerprint density at radius 1 is 1.44 bits per heavy atom. The summed E-state index contributed by atoms with van der Waals surface area (Å²) < 4.78 is 0. The fourth-order valence-corrected chi connectivity index (χ4v) is 2.45. The molecule has 1 saturated heterocycles. The van der Waals surface area contributed by atoms with Crippen LogP contribution in [0.15, 0.2) is 6.33 Å². The molecule has 1 fully saturated rings. The minimum atomic E-state index is 0.286. The molecule has 18 heavy (non-hydrogen) atoms. The van der Waals surface area contributed by atoms with E-state index in [-0.39, 0.29) is 6.61 Å². The van der Waals surface area contributed by atoms with Crippen molar-refractivity contribution in [1.82, 2.24) is 9.97 Å². The molecule has 6 nitrogen and oxygen atoms in total. The number of rotatable bonds is 4. The molecule has 4 N–H and O–H groups in total. The third kappa shape index (κ3) is 2.54. The first kappa shape index (κ1) is 13.0. The summed E-state index contributed by atoms with van der Waals surface area (Å²) in [6.45, 7) is 4.22. The fraction of sp³-hybridized carbons (Fsp3) is 0.667. The number of anilines is 2. The van der Waals surface area contributed by atoms with Gasteiger partial charge in [0.05, 0.1) is 0 Å². The summed E-state index contributed by atoms with van der Waals surface area (Å²) in [5.41, 5.74) is 3.69. The van der Waals surface area contributed by atoms with Crippen LogP contribution in [0.2, 0.25) is 0 Å². The average Bonchev–Trinajstić information content (AvgIpc) is 2.46. The van der Waals surface area contributed by atoms with Gasteiger partial charge in [-0.3, -0.25) is 0 Å². The highest BCUT2D eigenvalue weighted by atomic mass is 16.3. The van der Waals surface area contributed by atoms with Crippen molar-refractivity contribution in [3.63, 3.8) is 0 Å². The van der Waals surface area contributed by atoms with Gasteiger partial charge in [-0.15, -0.1) is 0 Å². The zero-order valence-electron chi connectivity index (χ0n) is 10.8. The van der Waals surface area contributed by atoms with Gasteiger partial charge in [0.2, 0.25) is 0 Å². The molecule has 0 bridgehead atoms. The number of aliphatic hydroxyl groups is 1. The molecule has 2 rings (SSSR count). The zero-order valence-corrected chi connectivity index (χ0v) is 10.8. The highest BCUT2D eigenvalue weighted by molar-refractivity contribution is 5.58. The molecule has 100 valence electrons. The fourth-order valence-electron chi connectivity index (χ4n) is 2.45. The van der Waals surface area contributed by atoms with E-state index in [4.69, 9.17) is 10.9 Å². The standard InChI is InChI=1S/C12H21N5O/c1-2-10-11(16-13)14-8-15-12(10)17-5-3-9(7-18)4-6-17/h8-9,18H,2-7,13H2,1H3,(H,14,15,16). The van der Waals surface area contributed by atoms with Gasteiger partial charge in [0.25, 0.3) is 0 Å². The van der Waals surface area contributed by atoms with Crippen LogP contribution < -0.4 is 16.2 Å². The maximum absolute atomic E-state index is 9.16. The van der Waals surface area contributed by atoms with Crippen LogP contribution in [-0.2, 0) is 6.42 Å². The van der Waals surface area contributed by atoms with E-state index in [2.05, 4.69) is 27.2 Å². The highest BCUT2D eigenvalue weighted by Crippen LogP contribution is 2.27. The molecule has 0 unspecified atom stereocenters. The predicted octanol–water partition coefficient (Wildman–Crippen LogP) is 0.533. The van der Waals surface area contributed by atoms with E-state index in [0.29, 0.717) is 11.7 Å². The maximum Gasteiger partial charge on any atom is 0.148 e. The van der Waals surface area contributed by atoms with E-state index in [1.807, 2.05) is 0 Å². The largest absolute Gasteiger partial charge is 0.396 e. The second-order valence-corrected chi connectivity index (χ2v) is 4.64. The molecule has 0 saturated carbocycles. The third-order valence-corrected chi connectivity index (χ3v) is 3.59. The van der Waals surface area contributed by atoms with E-state index in [0.717, 1.165) is 43.7 Å². The van der Waals surface area contributed by atoms with Crippen molar-refractivity contribution in [2.75, 3.05) is 30.0 Å². The van der Waals surface area contributed by atoms with Gasteiger partial charge in [-0.25, -0.2) is 15.8 Å². The Morgan fingerprint density at radius 3 is 2.72 bits per heavy atom. The first-order chi connectivity index (χ1) is 8.80. The summed E-state index contributed by atoms with van der Waals surface area (Å²) in [6.07, 6.45) is 4.40. The van der Waals surface area contributed by atoms with Gasteiger partial charge in [0.1, 0.15) is 18.0 Å². The maximum atomic E-state index is 9.16. The average molecular weight is 251 g/mol. The lowest BCUT2D eigenvalue weighted by molar-refractivity contribution is 0.202. The minimum absolute atomic E-state index is 0.286. The molecular weight excluding hydrogens is 230 g/mol. The summed E-state index contributed by atoms with van der Waals surface area (Å²) >= 11 is 0. The van der Waals surface area contributed by atoms with Crippen LogP contribution in [0.3, 0.4) is 0 Å². The number of nitrogens with zero attached hydrogens (tertiary/aromatic N) is 3. The van der Waals surface area contributed by atoms with E-state index in [1.54, 1.807) is 6.33 Å². The first-order valence-electron chi connectivity index (χ1n) is 6.46. The number of piperidine rings is 1. The Morgan fingerprint density at radius 2 is 2.17 bits per heavy atom. The number of nitrogens with one attached hydrogen (secondary N) is 1. The third-order valence-electron chi connectivity index (χ3n) is 3.59.